The van der Waals surface area contributed by atoms with E-state index in [0.29, 0.717) is 24.9 Å². The number of nitrogens with zero attached hydrogens (tertiary/aromatic N) is 3. The summed E-state index contributed by atoms with van der Waals surface area (Å²) in [5.41, 5.74) is -2.22. The number of benzene rings is 1. The molecule has 1 aliphatic carbocycles. The van der Waals surface area contributed by atoms with E-state index in [9.17, 15) is 28.3 Å². The summed E-state index contributed by atoms with van der Waals surface area (Å²) < 4.78 is 28.4. The van der Waals surface area contributed by atoms with E-state index in [-0.39, 0.29) is 29.3 Å². The number of pyridine rings is 1. The highest BCUT2D eigenvalue weighted by atomic mass is 19.1. The molecule has 2 heterocycles. The van der Waals surface area contributed by atoms with Crippen molar-refractivity contribution in [2.45, 2.75) is 45.8 Å². The van der Waals surface area contributed by atoms with Crippen LogP contribution in [-0.2, 0) is 6.54 Å². The van der Waals surface area contributed by atoms with Crippen molar-refractivity contribution in [3.05, 3.63) is 63.1 Å². The van der Waals surface area contributed by atoms with Gasteiger partial charge in [0.25, 0.3) is 11.8 Å². The highest BCUT2D eigenvalue weighted by molar-refractivity contribution is 5.99. The molecule has 182 valence electrons. The Morgan fingerprint density at radius 3 is 2.56 bits per heavy atom. The van der Waals surface area contributed by atoms with Crippen LogP contribution in [0.4, 0.5) is 8.78 Å². The Morgan fingerprint density at radius 2 is 1.97 bits per heavy atom. The summed E-state index contributed by atoms with van der Waals surface area (Å²) in [5, 5.41) is 14.9. The molecule has 2 N–H and O–H groups in total. The summed E-state index contributed by atoms with van der Waals surface area (Å²) in [4.78, 5) is 40.8. The van der Waals surface area contributed by atoms with Gasteiger partial charge in [0.2, 0.25) is 5.43 Å². The van der Waals surface area contributed by atoms with E-state index in [2.05, 4.69) is 19.2 Å². The van der Waals surface area contributed by atoms with Gasteiger partial charge in [-0.3, -0.25) is 24.1 Å². The van der Waals surface area contributed by atoms with E-state index in [1.807, 2.05) is 11.9 Å². The molecule has 10 heteroatoms. The van der Waals surface area contributed by atoms with Gasteiger partial charge >= 0.3 is 0 Å². The van der Waals surface area contributed by atoms with Gasteiger partial charge in [-0.15, -0.1) is 0 Å². The molecule has 4 rings (SSSR count). The van der Waals surface area contributed by atoms with Crippen molar-refractivity contribution in [1.82, 2.24) is 14.9 Å². The lowest BCUT2D eigenvalue weighted by Gasteiger charge is -2.55. The van der Waals surface area contributed by atoms with Gasteiger partial charge in [0.15, 0.2) is 11.4 Å². The molecule has 0 saturated heterocycles. The van der Waals surface area contributed by atoms with Gasteiger partial charge in [-0.05, 0) is 31.7 Å². The largest absolute Gasteiger partial charge is 0.502 e. The molecule has 1 spiro atoms. The molecule has 1 fully saturated rings. The van der Waals surface area contributed by atoms with Gasteiger partial charge < -0.3 is 15.3 Å². The van der Waals surface area contributed by atoms with Crippen molar-refractivity contribution >= 4 is 11.8 Å². The van der Waals surface area contributed by atoms with E-state index in [0.717, 1.165) is 12.5 Å². The van der Waals surface area contributed by atoms with Gasteiger partial charge in [-0.1, -0.05) is 19.9 Å². The summed E-state index contributed by atoms with van der Waals surface area (Å²) >= 11 is 0. The van der Waals surface area contributed by atoms with E-state index in [1.165, 1.54) is 16.9 Å². The van der Waals surface area contributed by atoms with Crippen molar-refractivity contribution in [3.8, 4) is 5.75 Å². The molecule has 2 aliphatic rings. The summed E-state index contributed by atoms with van der Waals surface area (Å²) in [6, 6.07) is 2.96. The van der Waals surface area contributed by atoms with Crippen molar-refractivity contribution in [3.63, 3.8) is 0 Å². The molecule has 2 amide bonds. The number of fused-ring (bicyclic) bond motifs is 1. The number of nitrogens with one attached hydrogen (secondary N) is 1. The van der Waals surface area contributed by atoms with Gasteiger partial charge in [-0.2, -0.15) is 0 Å². The van der Waals surface area contributed by atoms with Crippen LogP contribution in [0.5, 0.6) is 5.75 Å². The highest BCUT2D eigenvalue weighted by Crippen LogP contribution is 2.47. The van der Waals surface area contributed by atoms with E-state index in [1.54, 1.807) is 11.9 Å². The van der Waals surface area contributed by atoms with Crippen LogP contribution in [0.2, 0.25) is 0 Å². The van der Waals surface area contributed by atoms with Gasteiger partial charge in [-0.25, -0.2) is 8.78 Å². The maximum atomic E-state index is 13.9. The van der Waals surface area contributed by atoms with Crippen molar-refractivity contribution < 1.29 is 23.5 Å². The van der Waals surface area contributed by atoms with Gasteiger partial charge in [0, 0.05) is 43.9 Å². The molecule has 0 radical (unpaired) electrons. The van der Waals surface area contributed by atoms with E-state index < -0.39 is 40.3 Å². The molecule has 3 atom stereocenters. The van der Waals surface area contributed by atoms with Crippen molar-refractivity contribution in [2.75, 3.05) is 18.6 Å². The number of hydrogen-bond acceptors (Lipinski definition) is 5. The number of aromatic hydroxyl groups is 1. The summed E-state index contributed by atoms with van der Waals surface area (Å²) in [6.07, 6.45) is 2.84. The molecule has 1 saturated carbocycles. The van der Waals surface area contributed by atoms with Crippen LogP contribution in [0.1, 0.15) is 60.0 Å². The lowest BCUT2D eigenvalue weighted by molar-refractivity contribution is 0.0133. The smallest absolute Gasteiger partial charge is 0.278 e. The number of carbonyl (C=O) groups excluding carboxylic acids is 2. The molecule has 1 aliphatic heterocycles. The van der Waals surface area contributed by atoms with Crippen LogP contribution in [-0.4, -0.2) is 45.8 Å². The summed E-state index contributed by atoms with van der Waals surface area (Å²) in [5.74, 6) is -3.28. The first-order valence-electron chi connectivity index (χ1n) is 11.3. The Bertz CT molecular complexity index is 1230. The average Bonchev–Trinajstić information content (AvgIpc) is 3.09. The van der Waals surface area contributed by atoms with Gasteiger partial charge in [0.05, 0.1) is 0 Å². The summed E-state index contributed by atoms with van der Waals surface area (Å²) in [6.45, 7) is 6.15. The first kappa shape index (κ1) is 23.7. The summed E-state index contributed by atoms with van der Waals surface area (Å²) in [7, 11) is 1.77. The lowest BCUT2D eigenvalue weighted by Crippen LogP contribution is -2.70. The number of carbonyl (C=O) groups is 2. The van der Waals surface area contributed by atoms with Crippen LogP contribution in [0, 0.1) is 23.5 Å². The molecule has 0 unspecified atom stereocenters. The van der Waals surface area contributed by atoms with Gasteiger partial charge in [0.1, 0.15) is 22.9 Å². The van der Waals surface area contributed by atoms with Crippen LogP contribution in [0.3, 0.4) is 0 Å². The molecular formula is C24H28F2N4O4. The third kappa shape index (κ3) is 3.35. The topological polar surface area (TPSA) is 94.9 Å². The number of aromatic nitrogens is 1. The molecule has 1 aromatic heterocycles. The Balaban J connectivity index is 1.74. The Kier molecular flexibility index (Phi) is 5.87. The first-order valence-corrected chi connectivity index (χ1v) is 11.3. The highest BCUT2D eigenvalue weighted by Gasteiger charge is 2.56. The molecule has 1 aromatic carbocycles. The second-order valence-electron chi connectivity index (χ2n) is 9.09. The minimum Gasteiger partial charge on any atom is -0.502 e. The fourth-order valence-corrected chi connectivity index (χ4v) is 5.42. The molecule has 2 aromatic rings. The average molecular weight is 475 g/mol. The fourth-order valence-electron chi connectivity index (χ4n) is 5.42. The quantitative estimate of drug-likeness (QED) is 0.710. The third-order valence-corrected chi connectivity index (χ3v) is 7.53. The predicted molar refractivity (Wildman–Crippen MR) is 121 cm³/mol. The fraction of sp³-hybridized carbons (Fsp3) is 0.458. The second-order valence-corrected chi connectivity index (χ2v) is 9.09. The minimum atomic E-state index is -0.995. The van der Waals surface area contributed by atoms with Crippen LogP contribution in [0.15, 0.2) is 29.2 Å². The normalized spacial score (nSPS) is 24.0. The Labute approximate surface area is 195 Å². The maximum Gasteiger partial charge on any atom is 0.278 e. The Hall–Kier alpha value is -3.43. The molecule has 8 nitrogen and oxygen atoms in total. The van der Waals surface area contributed by atoms with Crippen LogP contribution >= 0.6 is 0 Å². The monoisotopic (exact) mass is 474 g/mol. The molecule has 0 bridgehead atoms. The van der Waals surface area contributed by atoms with Crippen LogP contribution in [0.25, 0.3) is 0 Å². The lowest BCUT2D eigenvalue weighted by atomic mass is 9.89. The third-order valence-electron chi connectivity index (χ3n) is 7.53. The minimum absolute atomic E-state index is 0.0376. The van der Waals surface area contributed by atoms with Crippen molar-refractivity contribution in [1.29, 1.82) is 0 Å². The SMILES string of the molecule is CCN1C(=O)c2c(O)c(=O)c(C(=O)NCc3ccc(F)cc3F)cn2N(C)[C@@]12CC[C@H](C)[C@@H]2C. The predicted octanol–water partition coefficient (Wildman–Crippen LogP) is 2.57. The van der Waals surface area contributed by atoms with E-state index in [4.69, 9.17) is 0 Å². The van der Waals surface area contributed by atoms with Crippen LogP contribution < -0.4 is 15.8 Å². The molecule has 34 heavy (non-hydrogen) atoms. The number of amides is 2. The zero-order valence-electron chi connectivity index (χ0n) is 19.6. The zero-order valence-corrected chi connectivity index (χ0v) is 19.6. The first-order chi connectivity index (χ1) is 16.0. The molecular weight excluding hydrogens is 446 g/mol. The second kappa shape index (κ2) is 8.41. The number of rotatable bonds is 4. The number of halogens is 2. The van der Waals surface area contributed by atoms with Crippen molar-refractivity contribution in [2.24, 2.45) is 11.8 Å². The number of hydrogen-bond donors (Lipinski definition) is 2. The van der Waals surface area contributed by atoms with E-state index >= 15 is 0 Å². The zero-order chi connectivity index (χ0) is 24.9. The Morgan fingerprint density at radius 1 is 1.26 bits per heavy atom. The standard InChI is InChI=1S/C24H28F2N4O4/c1-5-29-23(34)19-21(32)20(31)17(22(33)27-11-15-6-7-16(25)10-18(15)26)12-30(19)28(4)24(29)9-8-13(2)14(24)3/h6-7,10,12-14,32H,5,8-9,11H2,1-4H3,(H,27,33)/t13-,14-,24-/m0/s1. The maximum absolute atomic E-state index is 13.9.